The molecular formula is C24H32N2O5. The molecule has 2 aromatic rings. The second-order valence-corrected chi connectivity index (χ2v) is 7.89. The van der Waals surface area contributed by atoms with Gasteiger partial charge < -0.3 is 24.1 Å². The zero-order chi connectivity index (χ0) is 22.4. The Morgan fingerprint density at radius 1 is 1.29 bits per heavy atom. The first-order chi connectivity index (χ1) is 14.9. The maximum Gasteiger partial charge on any atom is 0.355 e. The molecular weight excluding hydrogens is 396 g/mol. The Balaban J connectivity index is 1.82. The van der Waals surface area contributed by atoms with Crippen LogP contribution in [0, 0.1) is 13.8 Å². The fourth-order valence-corrected chi connectivity index (χ4v) is 3.98. The lowest BCUT2D eigenvalue weighted by Crippen LogP contribution is -2.38. The average molecular weight is 429 g/mol. The van der Waals surface area contributed by atoms with Crippen molar-refractivity contribution in [3.8, 4) is 5.75 Å². The molecule has 0 saturated carbocycles. The highest BCUT2D eigenvalue weighted by atomic mass is 16.5. The number of amides is 1. The van der Waals surface area contributed by atoms with E-state index in [0.29, 0.717) is 25.4 Å². The van der Waals surface area contributed by atoms with Crippen molar-refractivity contribution < 1.29 is 23.8 Å². The summed E-state index contributed by atoms with van der Waals surface area (Å²) in [6, 6.07) is 7.56. The molecule has 0 spiro atoms. The third kappa shape index (κ3) is 5.67. The number of aromatic amines is 1. The molecule has 1 amide bonds. The van der Waals surface area contributed by atoms with Crippen LogP contribution in [-0.2, 0) is 27.2 Å². The minimum atomic E-state index is -0.372. The van der Waals surface area contributed by atoms with Crippen LogP contribution in [0.3, 0.4) is 0 Å². The van der Waals surface area contributed by atoms with Gasteiger partial charge in [-0.05, 0) is 62.4 Å². The second kappa shape index (κ2) is 10.5. The summed E-state index contributed by atoms with van der Waals surface area (Å²) in [6.45, 7) is 7.58. The summed E-state index contributed by atoms with van der Waals surface area (Å²) in [6.07, 6.45) is 2.27. The van der Waals surface area contributed by atoms with Gasteiger partial charge in [-0.3, -0.25) is 4.79 Å². The summed E-state index contributed by atoms with van der Waals surface area (Å²) < 4.78 is 16.2. The Hall–Kier alpha value is -2.80. The van der Waals surface area contributed by atoms with Gasteiger partial charge in [-0.15, -0.1) is 0 Å². The molecule has 1 aliphatic heterocycles. The number of aryl methyl sites for hydroxylation is 1. The molecule has 3 rings (SSSR count). The summed E-state index contributed by atoms with van der Waals surface area (Å²) in [4.78, 5) is 30.5. The van der Waals surface area contributed by atoms with Gasteiger partial charge in [0.2, 0.25) is 5.91 Å². The van der Waals surface area contributed by atoms with Crippen molar-refractivity contribution in [2.24, 2.45) is 0 Å². The molecule has 31 heavy (non-hydrogen) atoms. The SMILES string of the molecule is CCOC(=O)c1[nH]c(C)c(CN(C[C@H]2CCCO2)C(=O)Cc2cccc(OC)c2)c1C. The lowest BCUT2D eigenvalue weighted by molar-refractivity contribution is -0.132. The van der Waals surface area contributed by atoms with Crippen molar-refractivity contribution >= 4 is 11.9 Å². The topological polar surface area (TPSA) is 80.9 Å². The number of nitrogens with one attached hydrogen (secondary N) is 1. The van der Waals surface area contributed by atoms with E-state index in [1.165, 1.54) is 0 Å². The number of hydrogen-bond acceptors (Lipinski definition) is 5. The van der Waals surface area contributed by atoms with Crippen LogP contribution in [0.1, 0.15) is 52.6 Å². The van der Waals surface area contributed by atoms with Gasteiger partial charge in [0.05, 0.1) is 26.2 Å². The van der Waals surface area contributed by atoms with Crippen molar-refractivity contribution in [2.75, 3.05) is 26.9 Å². The standard InChI is InChI=1S/C24H32N2O5/c1-5-30-24(28)23-16(2)21(17(3)25-23)15-26(14-20-10-7-11-31-20)22(27)13-18-8-6-9-19(12-18)29-4/h6,8-9,12,20,25H,5,7,10-11,13-15H2,1-4H3/t20-/m1/s1. The lowest BCUT2D eigenvalue weighted by atomic mass is 10.1. The summed E-state index contributed by atoms with van der Waals surface area (Å²) in [7, 11) is 1.61. The summed E-state index contributed by atoms with van der Waals surface area (Å²) >= 11 is 0. The van der Waals surface area contributed by atoms with E-state index in [0.717, 1.165) is 47.6 Å². The van der Waals surface area contributed by atoms with Gasteiger partial charge in [0, 0.05) is 25.4 Å². The van der Waals surface area contributed by atoms with Crippen molar-refractivity contribution in [1.29, 1.82) is 0 Å². The highest BCUT2D eigenvalue weighted by Gasteiger charge is 2.26. The van der Waals surface area contributed by atoms with Crippen LogP contribution >= 0.6 is 0 Å². The molecule has 0 aliphatic carbocycles. The third-order valence-corrected chi connectivity index (χ3v) is 5.71. The predicted octanol–water partition coefficient (Wildman–Crippen LogP) is 3.57. The molecule has 1 fully saturated rings. The monoisotopic (exact) mass is 428 g/mol. The molecule has 1 aliphatic rings. The molecule has 1 aromatic heterocycles. The first-order valence-electron chi connectivity index (χ1n) is 10.8. The molecule has 2 heterocycles. The van der Waals surface area contributed by atoms with Gasteiger partial charge in [-0.25, -0.2) is 4.79 Å². The average Bonchev–Trinajstić information content (AvgIpc) is 3.36. The fraction of sp³-hybridized carbons (Fsp3) is 0.500. The largest absolute Gasteiger partial charge is 0.497 e. The van der Waals surface area contributed by atoms with Gasteiger partial charge in [0.1, 0.15) is 11.4 Å². The van der Waals surface area contributed by atoms with Crippen LogP contribution in [0.15, 0.2) is 24.3 Å². The molecule has 168 valence electrons. The van der Waals surface area contributed by atoms with E-state index in [9.17, 15) is 9.59 Å². The Morgan fingerprint density at radius 3 is 2.77 bits per heavy atom. The molecule has 0 bridgehead atoms. The Bertz CT molecular complexity index is 915. The molecule has 1 saturated heterocycles. The molecule has 1 N–H and O–H groups in total. The molecule has 7 heteroatoms. The summed E-state index contributed by atoms with van der Waals surface area (Å²) in [5.74, 6) is 0.372. The summed E-state index contributed by atoms with van der Waals surface area (Å²) in [5, 5.41) is 0. The van der Waals surface area contributed by atoms with Gasteiger partial charge in [-0.2, -0.15) is 0 Å². The van der Waals surface area contributed by atoms with E-state index in [-0.39, 0.29) is 24.4 Å². The molecule has 0 unspecified atom stereocenters. The number of nitrogens with zero attached hydrogens (tertiary/aromatic N) is 1. The van der Waals surface area contributed by atoms with Crippen LogP contribution in [0.4, 0.5) is 0 Å². The maximum atomic E-state index is 13.3. The highest BCUT2D eigenvalue weighted by Crippen LogP contribution is 2.23. The number of hydrogen-bond donors (Lipinski definition) is 1. The van der Waals surface area contributed by atoms with Gasteiger partial charge in [-0.1, -0.05) is 12.1 Å². The molecule has 1 aromatic carbocycles. The first kappa shape index (κ1) is 22.9. The normalized spacial score (nSPS) is 15.7. The number of methoxy groups -OCH3 is 1. The van der Waals surface area contributed by atoms with Crippen molar-refractivity contribution in [3.63, 3.8) is 0 Å². The van der Waals surface area contributed by atoms with Gasteiger partial charge in [0.15, 0.2) is 0 Å². The number of aromatic nitrogens is 1. The number of benzene rings is 1. The lowest BCUT2D eigenvalue weighted by Gasteiger charge is -2.26. The number of carbonyl (C=O) groups excluding carboxylic acids is 2. The Morgan fingerprint density at radius 2 is 2.10 bits per heavy atom. The van der Waals surface area contributed by atoms with Gasteiger partial charge in [0.25, 0.3) is 0 Å². The Labute approximate surface area is 183 Å². The number of H-pyrrole nitrogens is 1. The summed E-state index contributed by atoms with van der Waals surface area (Å²) in [5.41, 5.74) is 3.98. The van der Waals surface area contributed by atoms with E-state index in [1.807, 2.05) is 43.0 Å². The number of esters is 1. The number of ether oxygens (including phenoxy) is 3. The van der Waals surface area contributed by atoms with E-state index < -0.39 is 0 Å². The number of carbonyl (C=O) groups is 2. The van der Waals surface area contributed by atoms with E-state index >= 15 is 0 Å². The van der Waals surface area contributed by atoms with Crippen LogP contribution in [0.25, 0.3) is 0 Å². The minimum Gasteiger partial charge on any atom is -0.497 e. The minimum absolute atomic E-state index is 0.0152. The Kier molecular flexibility index (Phi) is 7.74. The van der Waals surface area contributed by atoms with Crippen LogP contribution in [0.2, 0.25) is 0 Å². The van der Waals surface area contributed by atoms with E-state index in [4.69, 9.17) is 14.2 Å². The zero-order valence-electron chi connectivity index (χ0n) is 18.8. The first-order valence-corrected chi connectivity index (χ1v) is 10.8. The van der Waals surface area contributed by atoms with Crippen molar-refractivity contribution in [2.45, 2.75) is 52.7 Å². The van der Waals surface area contributed by atoms with Gasteiger partial charge >= 0.3 is 5.97 Å². The maximum absolute atomic E-state index is 13.3. The zero-order valence-corrected chi connectivity index (χ0v) is 18.8. The molecule has 7 nitrogen and oxygen atoms in total. The third-order valence-electron chi connectivity index (χ3n) is 5.71. The molecule has 0 radical (unpaired) electrons. The second-order valence-electron chi connectivity index (χ2n) is 7.89. The molecule has 1 atom stereocenters. The predicted molar refractivity (Wildman–Crippen MR) is 117 cm³/mol. The van der Waals surface area contributed by atoms with Crippen LogP contribution in [0.5, 0.6) is 5.75 Å². The van der Waals surface area contributed by atoms with Crippen LogP contribution in [-0.4, -0.2) is 54.7 Å². The number of rotatable bonds is 9. The van der Waals surface area contributed by atoms with Crippen molar-refractivity contribution in [3.05, 3.63) is 52.3 Å². The smallest absolute Gasteiger partial charge is 0.355 e. The van der Waals surface area contributed by atoms with Crippen molar-refractivity contribution in [1.82, 2.24) is 9.88 Å². The fourth-order valence-electron chi connectivity index (χ4n) is 3.98. The van der Waals surface area contributed by atoms with Crippen LogP contribution < -0.4 is 4.74 Å². The quantitative estimate of drug-likeness (QED) is 0.618. The van der Waals surface area contributed by atoms with E-state index in [2.05, 4.69) is 4.98 Å². The van der Waals surface area contributed by atoms with E-state index in [1.54, 1.807) is 14.0 Å². The highest BCUT2D eigenvalue weighted by molar-refractivity contribution is 5.90.